The fourth-order valence-electron chi connectivity index (χ4n) is 3.88. The fourth-order valence-corrected chi connectivity index (χ4v) is 4.93. The Morgan fingerprint density at radius 1 is 0.969 bits per heavy atom. The fraction of sp³-hybridized carbons (Fsp3) is 0.308. The van der Waals surface area contributed by atoms with Crippen molar-refractivity contribution in [2.45, 2.75) is 40.4 Å². The molecule has 0 aliphatic rings. The summed E-state index contributed by atoms with van der Waals surface area (Å²) < 4.78 is 5.35. The summed E-state index contributed by atoms with van der Waals surface area (Å²) in [5.74, 6) is 2.62. The average molecular weight is 447 g/mol. The molecule has 4 rings (SSSR count). The van der Waals surface area contributed by atoms with E-state index in [-0.39, 0.29) is 0 Å². The van der Waals surface area contributed by atoms with Crippen molar-refractivity contribution in [2.75, 3.05) is 19.5 Å². The summed E-state index contributed by atoms with van der Waals surface area (Å²) in [6, 6.07) is 16.7. The molecular weight excluding hydrogens is 416 g/mol. The molecule has 4 aromatic rings. The summed E-state index contributed by atoms with van der Waals surface area (Å²) >= 11 is 1.74. The van der Waals surface area contributed by atoms with Crippen molar-refractivity contribution < 1.29 is 4.74 Å². The van der Waals surface area contributed by atoms with E-state index in [0.29, 0.717) is 6.54 Å². The Balaban J connectivity index is 1.57. The predicted molar refractivity (Wildman–Crippen MR) is 134 cm³/mol. The van der Waals surface area contributed by atoms with Crippen molar-refractivity contribution in [1.82, 2.24) is 14.9 Å². The number of methoxy groups -OCH3 is 1. The Kier molecular flexibility index (Phi) is 6.72. The summed E-state index contributed by atoms with van der Waals surface area (Å²) in [5.41, 5.74) is 4.97. The standard InChI is InChI=1S/C26H30N4OS/c1-17-8-6-9-20(12-17)14-27-25-24-18(2)19(3)32-26(24)29-23(28-25)16-30(4)15-21-10-7-11-22(13-21)31-5/h6-13H,14-16H2,1-5H3,(H,27,28,29). The van der Waals surface area contributed by atoms with Crippen LogP contribution in [0.3, 0.4) is 0 Å². The van der Waals surface area contributed by atoms with E-state index < -0.39 is 0 Å². The number of nitrogens with one attached hydrogen (secondary N) is 1. The number of ether oxygens (including phenoxy) is 1. The van der Waals surface area contributed by atoms with Crippen molar-refractivity contribution in [3.8, 4) is 5.75 Å². The Hall–Kier alpha value is -2.96. The molecule has 32 heavy (non-hydrogen) atoms. The topological polar surface area (TPSA) is 50.3 Å². The van der Waals surface area contributed by atoms with Crippen molar-refractivity contribution in [3.63, 3.8) is 0 Å². The largest absolute Gasteiger partial charge is 0.497 e. The Morgan fingerprint density at radius 3 is 2.53 bits per heavy atom. The van der Waals surface area contributed by atoms with Gasteiger partial charge in [-0.1, -0.05) is 42.0 Å². The van der Waals surface area contributed by atoms with Gasteiger partial charge in [0.2, 0.25) is 0 Å². The molecule has 2 aromatic heterocycles. The molecule has 5 nitrogen and oxygen atoms in total. The van der Waals surface area contributed by atoms with Gasteiger partial charge in [-0.2, -0.15) is 0 Å². The minimum Gasteiger partial charge on any atom is -0.497 e. The molecule has 1 N–H and O–H groups in total. The molecule has 0 atom stereocenters. The van der Waals surface area contributed by atoms with Gasteiger partial charge in [-0.3, -0.25) is 4.90 Å². The van der Waals surface area contributed by atoms with Crippen LogP contribution in [0.4, 0.5) is 5.82 Å². The Morgan fingerprint density at radius 2 is 1.75 bits per heavy atom. The summed E-state index contributed by atoms with van der Waals surface area (Å²) in [6.07, 6.45) is 0. The molecule has 0 saturated heterocycles. The molecule has 2 aromatic carbocycles. The first kappa shape index (κ1) is 22.2. The first-order valence-electron chi connectivity index (χ1n) is 10.8. The van der Waals surface area contributed by atoms with Crippen molar-refractivity contribution >= 4 is 27.4 Å². The van der Waals surface area contributed by atoms with Crippen LogP contribution in [0.5, 0.6) is 5.75 Å². The zero-order valence-electron chi connectivity index (χ0n) is 19.4. The number of rotatable bonds is 8. The molecule has 0 aliphatic heterocycles. The van der Waals surface area contributed by atoms with Gasteiger partial charge in [-0.25, -0.2) is 9.97 Å². The molecule has 166 valence electrons. The minimum atomic E-state index is 0.669. The maximum absolute atomic E-state index is 5.35. The van der Waals surface area contributed by atoms with E-state index in [0.717, 1.165) is 40.7 Å². The van der Waals surface area contributed by atoms with Gasteiger partial charge in [0.25, 0.3) is 0 Å². The van der Waals surface area contributed by atoms with Crippen molar-refractivity contribution in [2.24, 2.45) is 0 Å². The lowest BCUT2D eigenvalue weighted by Crippen LogP contribution is -2.19. The van der Waals surface area contributed by atoms with Gasteiger partial charge in [0.05, 0.1) is 19.0 Å². The quantitative estimate of drug-likeness (QED) is 0.367. The zero-order valence-corrected chi connectivity index (χ0v) is 20.2. The molecule has 0 radical (unpaired) electrons. The Labute approximate surface area is 194 Å². The van der Waals surface area contributed by atoms with Crippen LogP contribution in [0.2, 0.25) is 0 Å². The van der Waals surface area contributed by atoms with E-state index in [4.69, 9.17) is 14.7 Å². The number of fused-ring (bicyclic) bond motifs is 1. The SMILES string of the molecule is COc1cccc(CN(C)Cc2nc(NCc3cccc(C)c3)c3c(C)c(C)sc3n2)c1. The lowest BCUT2D eigenvalue weighted by molar-refractivity contribution is 0.310. The van der Waals surface area contributed by atoms with E-state index in [2.05, 4.69) is 74.4 Å². The highest BCUT2D eigenvalue weighted by molar-refractivity contribution is 7.18. The first-order chi connectivity index (χ1) is 15.4. The van der Waals surface area contributed by atoms with Gasteiger partial charge in [0.1, 0.15) is 22.2 Å². The average Bonchev–Trinajstić information content (AvgIpc) is 3.05. The summed E-state index contributed by atoms with van der Waals surface area (Å²) in [4.78, 5) is 14.4. The highest BCUT2D eigenvalue weighted by Crippen LogP contribution is 2.33. The monoisotopic (exact) mass is 446 g/mol. The zero-order chi connectivity index (χ0) is 22.7. The van der Waals surface area contributed by atoms with Gasteiger partial charge in [-0.05, 0) is 56.6 Å². The van der Waals surface area contributed by atoms with Gasteiger partial charge in [0.15, 0.2) is 0 Å². The number of aryl methyl sites for hydroxylation is 3. The minimum absolute atomic E-state index is 0.669. The van der Waals surface area contributed by atoms with Gasteiger partial charge < -0.3 is 10.1 Å². The molecule has 0 bridgehead atoms. The van der Waals surface area contributed by atoms with Crippen LogP contribution in [0.25, 0.3) is 10.2 Å². The molecule has 0 spiro atoms. The number of hydrogen-bond donors (Lipinski definition) is 1. The van der Waals surface area contributed by atoms with Gasteiger partial charge in [-0.15, -0.1) is 11.3 Å². The second-order valence-corrected chi connectivity index (χ2v) is 9.52. The highest BCUT2D eigenvalue weighted by atomic mass is 32.1. The van der Waals surface area contributed by atoms with Crippen LogP contribution in [0.15, 0.2) is 48.5 Å². The number of hydrogen-bond acceptors (Lipinski definition) is 6. The van der Waals surface area contributed by atoms with Crippen LogP contribution < -0.4 is 10.1 Å². The van der Waals surface area contributed by atoms with Gasteiger partial charge >= 0.3 is 0 Å². The molecule has 0 amide bonds. The second kappa shape index (κ2) is 9.67. The highest BCUT2D eigenvalue weighted by Gasteiger charge is 2.16. The van der Waals surface area contributed by atoms with E-state index in [1.165, 1.54) is 27.1 Å². The summed E-state index contributed by atoms with van der Waals surface area (Å²) in [6.45, 7) is 8.64. The van der Waals surface area contributed by atoms with E-state index >= 15 is 0 Å². The second-order valence-electron chi connectivity index (χ2n) is 8.32. The number of anilines is 1. The number of aromatic nitrogens is 2. The number of thiophene rings is 1. The van der Waals surface area contributed by atoms with Crippen LogP contribution in [-0.4, -0.2) is 29.0 Å². The van der Waals surface area contributed by atoms with Crippen molar-refractivity contribution in [3.05, 3.63) is 81.5 Å². The Bertz CT molecular complexity index is 1230. The molecule has 6 heteroatoms. The van der Waals surface area contributed by atoms with Crippen molar-refractivity contribution in [1.29, 1.82) is 0 Å². The van der Waals surface area contributed by atoms with Gasteiger partial charge in [0, 0.05) is 18.0 Å². The summed E-state index contributed by atoms with van der Waals surface area (Å²) in [5, 5.41) is 4.72. The maximum atomic E-state index is 5.35. The number of benzene rings is 2. The third-order valence-electron chi connectivity index (χ3n) is 5.62. The molecule has 0 saturated carbocycles. The summed E-state index contributed by atoms with van der Waals surface area (Å²) in [7, 11) is 3.79. The molecular formula is C26H30N4OS. The molecule has 0 fully saturated rings. The van der Waals surface area contributed by atoms with E-state index in [9.17, 15) is 0 Å². The van der Waals surface area contributed by atoms with Crippen LogP contribution >= 0.6 is 11.3 Å². The normalized spacial score (nSPS) is 11.3. The lowest BCUT2D eigenvalue weighted by atomic mass is 10.1. The molecule has 0 aliphatic carbocycles. The van der Waals surface area contributed by atoms with E-state index in [1.807, 2.05) is 12.1 Å². The lowest BCUT2D eigenvalue weighted by Gasteiger charge is -2.17. The van der Waals surface area contributed by atoms with E-state index in [1.54, 1.807) is 18.4 Å². The maximum Gasteiger partial charge on any atom is 0.146 e. The predicted octanol–water partition coefficient (Wildman–Crippen LogP) is 5.87. The first-order valence-corrected chi connectivity index (χ1v) is 11.6. The third kappa shape index (κ3) is 5.09. The van der Waals surface area contributed by atoms with Crippen LogP contribution in [0.1, 0.15) is 33.0 Å². The van der Waals surface area contributed by atoms with Crippen LogP contribution in [-0.2, 0) is 19.6 Å². The molecule has 2 heterocycles. The molecule has 0 unspecified atom stereocenters. The number of nitrogens with zero attached hydrogens (tertiary/aromatic N) is 3. The van der Waals surface area contributed by atoms with Crippen LogP contribution in [0, 0.1) is 20.8 Å². The third-order valence-corrected chi connectivity index (χ3v) is 6.72. The smallest absolute Gasteiger partial charge is 0.146 e.